The van der Waals surface area contributed by atoms with Crippen LogP contribution in [-0.2, 0) is 31.0 Å². The fourth-order valence-corrected chi connectivity index (χ4v) is 8.30. The molecule has 1 fully saturated rings. The van der Waals surface area contributed by atoms with E-state index in [1.165, 1.54) is 11.1 Å². The van der Waals surface area contributed by atoms with Crippen molar-refractivity contribution in [2.75, 3.05) is 31.2 Å². The molecule has 1 saturated carbocycles. The highest BCUT2D eigenvalue weighted by Gasteiger charge is 2.44. The Hall–Kier alpha value is -2.92. The minimum atomic E-state index is -3.83. The third kappa shape index (κ3) is 6.20. The highest BCUT2D eigenvalue weighted by Crippen LogP contribution is 2.46. The van der Waals surface area contributed by atoms with Gasteiger partial charge in [-0.05, 0) is 91.8 Å². The van der Waals surface area contributed by atoms with Crippen molar-refractivity contribution < 1.29 is 27.8 Å². The summed E-state index contributed by atoms with van der Waals surface area (Å²) in [6, 6.07) is 11.2. The molecule has 2 heterocycles. The third-order valence-electron chi connectivity index (χ3n) is 9.28. The lowest BCUT2D eigenvalue weighted by Gasteiger charge is -2.45. The minimum Gasteiger partial charge on any atom is -0.490 e. The zero-order valence-electron chi connectivity index (χ0n) is 24.3. The molecular weight excluding hydrogens is 590 g/mol. The van der Waals surface area contributed by atoms with Crippen LogP contribution in [-0.4, -0.2) is 53.5 Å². The summed E-state index contributed by atoms with van der Waals surface area (Å²) in [5.41, 5.74) is 3.18. The lowest BCUT2D eigenvalue weighted by Crippen LogP contribution is -2.49. The number of hydrogen-bond donors (Lipinski definition) is 2. The Bertz CT molecular complexity index is 1570. The number of halogens is 1. The summed E-state index contributed by atoms with van der Waals surface area (Å²) in [6.07, 6.45) is 8.16. The van der Waals surface area contributed by atoms with Crippen LogP contribution in [0.5, 0.6) is 5.75 Å². The van der Waals surface area contributed by atoms with Gasteiger partial charge in [0, 0.05) is 35.5 Å². The molecule has 6 rings (SSSR count). The number of benzene rings is 2. The van der Waals surface area contributed by atoms with E-state index >= 15 is 0 Å². The fourth-order valence-electron chi connectivity index (χ4n) is 6.87. The van der Waals surface area contributed by atoms with Gasteiger partial charge in [0.15, 0.2) is 0 Å². The van der Waals surface area contributed by atoms with E-state index in [-0.39, 0.29) is 35.8 Å². The number of amides is 2. The van der Waals surface area contributed by atoms with E-state index < -0.39 is 28.1 Å². The number of carbonyl (C=O) groups excluding carboxylic acids is 2. The number of anilines is 1. The second-order valence-electron chi connectivity index (χ2n) is 12.1. The Kier molecular flexibility index (Phi) is 8.56. The first-order valence-electron chi connectivity index (χ1n) is 15.1. The Morgan fingerprint density at radius 1 is 1.26 bits per heavy atom. The summed E-state index contributed by atoms with van der Waals surface area (Å²) >= 11 is 6.38. The molecule has 2 N–H and O–H groups in total. The molecule has 2 bridgehead atoms. The van der Waals surface area contributed by atoms with E-state index in [0.717, 1.165) is 42.8 Å². The SMILES string of the molecule is CCC(=O)N[S@]1(=O)=NC(=O)c2ccc3c(c2)N(C[C@@H]2CC[C@H]2[C@@H](O)/C=C/CCO1)C[C@@]1(CCCc2cc(Cl)ccc21)CO3. The standard InChI is InChI=1S/C32H38ClN3O6S/c1-2-30(38)34-43(40)35-31(39)22-9-13-29-27(17-22)36(18-23-8-11-25(23)28(37)7-3-4-15-42-43)19-32(20-41-29)14-5-6-21-16-24(33)10-12-26(21)32/h3,7,9-10,12-13,16-17,23,25,28,37H,2,4-6,8,11,14-15,18-20H2,1H3,(H,34,35,38,39,40)/b7-3+/t23-,25+,28-,32-,43+/m0/s1. The van der Waals surface area contributed by atoms with Crippen LogP contribution in [0.3, 0.4) is 0 Å². The number of fused-ring (bicyclic) bond motifs is 4. The monoisotopic (exact) mass is 627 g/mol. The van der Waals surface area contributed by atoms with Crippen molar-refractivity contribution in [2.24, 2.45) is 16.2 Å². The van der Waals surface area contributed by atoms with E-state index in [2.05, 4.69) is 26.1 Å². The summed E-state index contributed by atoms with van der Waals surface area (Å²) in [7, 11) is -3.83. The zero-order chi connectivity index (χ0) is 30.2. The molecule has 2 aliphatic heterocycles. The normalized spacial score (nSPS) is 31.4. The number of carbonyl (C=O) groups is 2. The van der Waals surface area contributed by atoms with E-state index in [4.69, 9.17) is 20.5 Å². The van der Waals surface area contributed by atoms with E-state index in [0.29, 0.717) is 31.9 Å². The second-order valence-corrected chi connectivity index (χ2v) is 14.1. The first-order chi connectivity index (χ1) is 20.7. The molecule has 230 valence electrons. The topological polar surface area (TPSA) is 118 Å². The van der Waals surface area contributed by atoms with Crippen molar-refractivity contribution in [3.05, 3.63) is 70.3 Å². The van der Waals surface area contributed by atoms with Gasteiger partial charge < -0.3 is 14.7 Å². The molecule has 43 heavy (non-hydrogen) atoms. The van der Waals surface area contributed by atoms with Crippen LogP contribution < -0.4 is 14.4 Å². The molecule has 9 nitrogen and oxygen atoms in total. The van der Waals surface area contributed by atoms with Gasteiger partial charge in [0.05, 0.1) is 25.0 Å². The summed E-state index contributed by atoms with van der Waals surface area (Å²) in [5, 5.41) is 11.8. The molecule has 11 heteroatoms. The number of nitrogens with one attached hydrogen (secondary N) is 1. The third-order valence-corrected chi connectivity index (χ3v) is 10.9. The highest BCUT2D eigenvalue weighted by molar-refractivity contribution is 7.88. The Labute approximate surface area is 258 Å². The lowest BCUT2D eigenvalue weighted by molar-refractivity contribution is -0.119. The molecule has 5 atom stereocenters. The number of ether oxygens (including phenoxy) is 1. The van der Waals surface area contributed by atoms with E-state index in [1.54, 1.807) is 37.3 Å². The maximum Gasteiger partial charge on any atom is 0.288 e. The van der Waals surface area contributed by atoms with Crippen LogP contribution in [0, 0.1) is 11.8 Å². The average Bonchev–Trinajstić information content (AvgIpc) is 3.11. The summed E-state index contributed by atoms with van der Waals surface area (Å²) in [5.74, 6) is -0.284. The Balaban J connectivity index is 1.43. The molecule has 0 aromatic heterocycles. The maximum absolute atomic E-state index is 13.5. The largest absolute Gasteiger partial charge is 0.490 e. The van der Waals surface area contributed by atoms with Gasteiger partial charge in [0.25, 0.3) is 16.1 Å². The van der Waals surface area contributed by atoms with Crippen LogP contribution in [0.4, 0.5) is 5.69 Å². The molecule has 0 radical (unpaired) electrons. The summed E-state index contributed by atoms with van der Waals surface area (Å²) in [4.78, 5) is 27.9. The van der Waals surface area contributed by atoms with Crippen molar-refractivity contribution in [1.29, 1.82) is 0 Å². The van der Waals surface area contributed by atoms with Gasteiger partial charge in [-0.2, -0.15) is 4.21 Å². The number of aliphatic hydroxyl groups is 1. The lowest BCUT2D eigenvalue weighted by atomic mass is 9.68. The van der Waals surface area contributed by atoms with E-state index in [9.17, 15) is 18.9 Å². The Morgan fingerprint density at radius 3 is 2.91 bits per heavy atom. The van der Waals surface area contributed by atoms with Crippen LogP contribution in [0.15, 0.2) is 52.9 Å². The molecule has 2 aliphatic carbocycles. The molecule has 0 saturated heterocycles. The number of nitrogens with zero attached hydrogens (tertiary/aromatic N) is 2. The van der Waals surface area contributed by atoms with Crippen molar-refractivity contribution >= 4 is 39.3 Å². The zero-order valence-corrected chi connectivity index (χ0v) is 25.9. The number of aliphatic hydroxyl groups excluding tert-OH is 1. The fraction of sp³-hybridized carbons (Fsp3) is 0.500. The molecular formula is C32H38ClN3O6S. The summed E-state index contributed by atoms with van der Waals surface area (Å²) < 4.78 is 31.7. The van der Waals surface area contributed by atoms with Gasteiger partial charge in [-0.3, -0.25) is 13.8 Å². The van der Waals surface area contributed by atoms with Crippen molar-refractivity contribution in [3.63, 3.8) is 0 Å². The Morgan fingerprint density at radius 2 is 2.12 bits per heavy atom. The van der Waals surface area contributed by atoms with Gasteiger partial charge in [0.2, 0.25) is 5.91 Å². The van der Waals surface area contributed by atoms with Crippen LogP contribution >= 0.6 is 11.6 Å². The van der Waals surface area contributed by atoms with Gasteiger partial charge in [-0.15, -0.1) is 4.36 Å². The molecule has 4 aliphatic rings. The van der Waals surface area contributed by atoms with Crippen LogP contribution in [0.1, 0.15) is 66.9 Å². The van der Waals surface area contributed by atoms with Gasteiger partial charge in [-0.25, -0.2) is 4.72 Å². The molecule has 2 aromatic carbocycles. The van der Waals surface area contributed by atoms with Crippen molar-refractivity contribution in [2.45, 2.75) is 63.4 Å². The van der Waals surface area contributed by atoms with Crippen LogP contribution in [0.25, 0.3) is 0 Å². The van der Waals surface area contributed by atoms with E-state index in [1.807, 2.05) is 6.07 Å². The highest BCUT2D eigenvalue weighted by atomic mass is 35.5. The smallest absolute Gasteiger partial charge is 0.288 e. The average molecular weight is 628 g/mol. The molecule has 1 spiro atoms. The quantitative estimate of drug-likeness (QED) is 0.443. The predicted octanol–water partition coefficient (Wildman–Crippen LogP) is 5.14. The molecule has 0 unspecified atom stereocenters. The van der Waals surface area contributed by atoms with Gasteiger partial charge >= 0.3 is 0 Å². The number of hydrogen-bond acceptors (Lipinski definition) is 7. The molecule has 2 amide bonds. The molecule has 2 aromatic rings. The van der Waals surface area contributed by atoms with Crippen LogP contribution in [0.2, 0.25) is 5.02 Å². The van der Waals surface area contributed by atoms with Crippen molar-refractivity contribution in [1.82, 2.24) is 4.72 Å². The van der Waals surface area contributed by atoms with Gasteiger partial charge in [0.1, 0.15) is 5.75 Å². The maximum atomic E-state index is 13.5. The van der Waals surface area contributed by atoms with Crippen molar-refractivity contribution in [3.8, 4) is 5.75 Å². The summed E-state index contributed by atoms with van der Waals surface area (Å²) in [6.45, 7) is 3.41. The predicted molar refractivity (Wildman–Crippen MR) is 165 cm³/mol. The first-order valence-corrected chi connectivity index (χ1v) is 16.9. The first kappa shape index (κ1) is 30.1. The number of rotatable bonds is 2. The number of aryl methyl sites for hydroxylation is 1. The second kappa shape index (κ2) is 12.2. The van der Waals surface area contributed by atoms with Gasteiger partial charge in [-0.1, -0.05) is 36.7 Å². The minimum absolute atomic E-state index is 0.0441.